The van der Waals surface area contributed by atoms with Gasteiger partial charge in [-0.2, -0.15) is 0 Å². The minimum atomic E-state index is -0.280. The lowest BCUT2D eigenvalue weighted by Crippen LogP contribution is -2.40. The number of amides is 2. The number of nitrogens with one attached hydrogen (secondary N) is 2. The molecule has 2 N–H and O–H groups in total. The van der Waals surface area contributed by atoms with E-state index in [-0.39, 0.29) is 17.9 Å². The van der Waals surface area contributed by atoms with Gasteiger partial charge in [0.15, 0.2) is 0 Å². The van der Waals surface area contributed by atoms with Gasteiger partial charge in [0.1, 0.15) is 11.6 Å². The van der Waals surface area contributed by atoms with Gasteiger partial charge >= 0.3 is 6.03 Å². The van der Waals surface area contributed by atoms with Crippen molar-refractivity contribution in [3.63, 3.8) is 0 Å². The minimum Gasteiger partial charge on any atom is -0.497 e. The minimum absolute atomic E-state index is 0.111. The van der Waals surface area contributed by atoms with Crippen LogP contribution in [0.15, 0.2) is 54.7 Å². The number of halogens is 1. The van der Waals surface area contributed by atoms with Crippen LogP contribution in [0.4, 0.5) is 14.9 Å². The third-order valence-corrected chi connectivity index (χ3v) is 5.28. The third-order valence-electron chi connectivity index (χ3n) is 5.28. The number of ether oxygens (including phenoxy) is 1. The van der Waals surface area contributed by atoms with Crippen LogP contribution in [0, 0.1) is 5.82 Å². The van der Waals surface area contributed by atoms with Crippen LogP contribution in [0.3, 0.4) is 0 Å². The molecule has 0 aliphatic heterocycles. The van der Waals surface area contributed by atoms with Crippen LogP contribution in [-0.4, -0.2) is 42.2 Å². The van der Waals surface area contributed by atoms with Gasteiger partial charge in [0, 0.05) is 43.3 Å². The zero-order valence-electron chi connectivity index (χ0n) is 18.9. The summed E-state index contributed by atoms with van der Waals surface area (Å²) in [5.74, 6) is 0.500. The number of urea groups is 1. The molecule has 0 aliphatic carbocycles. The lowest BCUT2D eigenvalue weighted by molar-refractivity contribution is 0.194. The van der Waals surface area contributed by atoms with Crippen molar-refractivity contribution in [1.82, 2.24) is 15.2 Å². The van der Waals surface area contributed by atoms with Crippen LogP contribution < -0.4 is 15.4 Å². The zero-order valence-corrected chi connectivity index (χ0v) is 18.9. The molecule has 170 valence electrons. The Morgan fingerprint density at radius 2 is 2.00 bits per heavy atom. The van der Waals surface area contributed by atoms with Crippen molar-refractivity contribution in [3.8, 4) is 5.75 Å². The van der Waals surface area contributed by atoms with Crippen molar-refractivity contribution in [2.45, 2.75) is 39.3 Å². The molecule has 3 aromatic rings. The average Bonchev–Trinajstić information content (AvgIpc) is 2.79. The number of benzene rings is 2. The van der Waals surface area contributed by atoms with Crippen LogP contribution in [-0.2, 0) is 6.54 Å². The molecule has 3 rings (SSSR count). The van der Waals surface area contributed by atoms with Gasteiger partial charge < -0.3 is 20.3 Å². The standard InChI is InChI=1S/C25H31FN4O2/c1-4-27-25(31)30(17-19-9-11-21(26)12-10-19)14-6-7-18(2)29-23-16-22(32-3)15-20-8-5-13-28-24(20)23/h5,8-13,15-16,18,29H,4,6-7,14,17H2,1-3H3,(H,27,31). The molecule has 0 saturated heterocycles. The molecule has 0 saturated carbocycles. The summed E-state index contributed by atoms with van der Waals surface area (Å²) in [5, 5.41) is 7.42. The molecule has 0 spiro atoms. The van der Waals surface area contributed by atoms with E-state index in [0.29, 0.717) is 19.6 Å². The summed E-state index contributed by atoms with van der Waals surface area (Å²) in [6.45, 7) is 5.62. The van der Waals surface area contributed by atoms with E-state index >= 15 is 0 Å². The number of rotatable bonds is 10. The lowest BCUT2D eigenvalue weighted by Gasteiger charge is -2.24. The van der Waals surface area contributed by atoms with Gasteiger partial charge in [-0.05, 0) is 56.5 Å². The molecule has 0 aliphatic rings. The number of aromatic nitrogens is 1. The second-order valence-corrected chi connectivity index (χ2v) is 7.82. The van der Waals surface area contributed by atoms with E-state index in [1.807, 2.05) is 31.2 Å². The first-order valence-electron chi connectivity index (χ1n) is 11.0. The molecule has 0 radical (unpaired) electrons. The SMILES string of the molecule is CCNC(=O)N(CCCC(C)Nc1cc(OC)cc2cccnc12)Cc1ccc(F)cc1. The number of pyridine rings is 1. The highest BCUT2D eigenvalue weighted by Gasteiger charge is 2.15. The topological polar surface area (TPSA) is 66.5 Å². The number of hydrogen-bond acceptors (Lipinski definition) is 4. The molecule has 1 unspecified atom stereocenters. The smallest absolute Gasteiger partial charge is 0.317 e. The second kappa shape index (κ2) is 11.3. The van der Waals surface area contributed by atoms with Crippen molar-refractivity contribution < 1.29 is 13.9 Å². The third kappa shape index (κ3) is 6.33. The molecule has 0 fully saturated rings. The quantitative estimate of drug-likeness (QED) is 0.457. The fourth-order valence-corrected chi connectivity index (χ4v) is 3.64. The van der Waals surface area contributed by atoms with Gasteiger partial charge in [0.25, 0.3) is 0 Å². The molecular formula is C25H31FN4O2. The molecule has 6 nitrogen and oxygen atoms in total. The molecule has 2 amide bonds. The highest BCUT2D eigenvalue weighted by atomic mass is 19.1. The van der Waals surface area contributed by atoms with E-state index in [9.17, 15) is 9.18 Å². The van der Waals surface area contributed by atoms with E-state index in [1.165, 1.54) is 12.1 Å². The van der Waals surface area contributed by atoms with Gasteiger partial charge in [-0.25, -0.2) is 9.18 Å². The zero-order chi connectivity index (χ0) is 22.9. The number of carbonyl (C=O) groups is 1. The molecule has 32 heavy (non-hydrogen) atoms. The molecular weight excluding hydrogens is 407 g/mol. The molecule has 1 heterocycles. The van der Waals surface area contributed by atoms with E-state index in [4.69, 9.17) is 4.74 Å². The summed E-state index contributed by atoms with van der Waals surface area (Å²) in [6, 6.07) is 14.2. The highest BCUT2D eigenvalue weighted by molar-refractivity contribution is 5.91. The summed E-state index contributed by atoms with van der Waals surface area (Å²) in [4.78, 5) is 18.8. The Morgan fingerprint density at radius 3 is 2.72 bits per heavy atom. The largest absolute Gasteiger partial charge is 0.497 e. The Hall–Kier alpha value is -3.35. The molecule has 7 heteroatoms. The first kappa shape index (κ1) is 23.3. The summed E-state index contributed by atoms with van der Waals surface area (Å²) in [5.41, 5.74) is 2.73. The number of anilines is 1. The molecule has 1 atom stereocenters. The van der Waals surface area contributed by atoms with E-state index in [1.54, 1.807) is 30.3 Å². The van der Waals surface area contributed by atoms with Crippen molar-refractivity contribution >= 4 is 22.6 Å². The number of hydrogen-bond donors (Lipinski definition) is 2. The van der Waals surface area contributed by atoms with Gasteiger partial charge in [-0.1, -0.05) is 18.2 Å². The van der Waals surface area contributed by atoms with E-state index in [2.05, 4.69) is 22.5 Å². The van der Waals surface area contributed by atoms with Gasteiger partial charge in [0.2, 0.25) is 0 Å². The summed E-state index contributed by atoms with van der Waals surface area (Å²) < 4.78 is 18.6. The first-order valence-corrected chi connectivity index (χ1v) is 11.0. The predicted molar refractivity (Wildman–Crippen MR) is 126 cm³/mol. The van der Waals surface area contributed by atoms with Gasteiger partial charge in [-0.15, -0.1) is 0 Å². The Bertz CT molecular complexity index is 1030. The van der Waals surface area contributed by atoms with Gasteiger partial charge in [-0.3, -0.25) is 4.98 Å². The first-order chi connectivity index (χ1) is 15.5. The summed E-state index contributed by atoms with van der Waals surface area (Å²) in [7, 11) is 1.65. The summed E-state index contributed by atoms with van der Waals surface area (Å²) >= 11 is 0. The van der Waals surface area contributed by atoms with Crippen molar-refractivity contribution in [1.29, 1.82) is 0 Å². The van der Waals surface area contributed by atoms with Crippen LogP contribution in [0.25, 0.3) is 10.9 Å². The second-order valence-electron chi connectivity index (χ2n) is 7.82. The fraction of sp³-hybridized carbons (Fsp3) is 0.360. The number of methoxy groups -OCH3 is 1. The number of carbonyl (C=O) groups excluding carboxylic acids is 1. The van der Waals surface area contributed by atoms with E-state index < -0.39 is 0 Å². The monoisotopic (exact) mass is 438 g/mol. The maximum absolute atomic E-state index is 13.2. The van der Waals surface area contributed by atoms with E-state index in [0.717, 1.165) is 40.7 Å². The maximum Gasteiger partial charge on any atom is 0.317 e. The Kier molecular flexibility index (Phi) is 8.25. The fourth-order valence-electron chi connectivity index (χ4n) is 3.64. The van der Waals surface area contributed by atoms with Gasteiger partial charge in [0.05, 0.1) is 18.3 Å². The molecule has 1 aromatic heterocycles. The predicted octanol–water partition coefficient (Wildman–Crippen LogP) is 5.19. The summed E-state index contributed by atoms with van der Waals surface area (Å²) in [6.07, 6.45) is 3.47. The highest BCUT2D eigenvalue weighted by Crippen LogP contribution is 2.28. The normalized spacial score (nSPS) is 11.8. The van der Waals surface area contributed by atoms with Crippen molar-refractivity contribution in [3.05, 3.63) is 66.1 Å². The Labute approximate surface area is 188 Å². The maximum atomic E-state index is 13.2. The van der Waals surface area contributed by atoms with Crippen molar-refractivity contribution in [2.75, 3.05) is 25.5 Å². The number of nitrogens with zero attached hydrogens (tertiary/aromatic N) is 2. The van der Waals surface area contributed by atoms with Crippen LogP contribution >= 0.6 is 0 Å². The molecule has 0 bridgehead atoms. The number of fused-ring (bicyclic) bond motifs is 1. The van der Waals surface area contributed by atoms with Crippen LogP contribution in [0.5, 0.6) is 5.75 Å². The Balaban J connectivity index is 1.61. The average molecular weight is 439 g/mol. The van der Waals surface area contributed by atoms with Crippen LogP contribution in [0.2, 0.25) is 0 Å². The van der Waals surface area contributed by atoms with Crippen molar-refractivity contribution in [2.24, 2.45) is 0 Å². The lowest BCUT2D eigenvalue weighted by atomic mass is 10.1. The van der Waals surface area contributed by atoms with Crippen LogP contribution in [0.1, 0.15) is 32.3 Å². The molecule has 2 aromatic carbocycles. The Morgan fingerprint density at radius 1 is 1.22 bits per heavy atom.